The Morgan fingerprint density at radius 2 is 2.22 bits per heavy atom. The van der Waals surface area contributed by atoms with Crippen LogP contribution >= 0.6 is 23.4 Å². The zero-order chi connectivity index (χ0) is 13.5. The molecule has 0 radical (unpaired) electrons. The Balaban J connectivity index is 2.85. The standard InChI is InChI=1S/C12H16ClNO3S/c1-3-17-11-4-10(14(15)16)5-12(6-11)18-8-9(2)7-13/h4-6,9H,3,7-8H2,1-2H3. The first-order valence-corrected chi connectivity index (χ1v) is 7.19. The Morgan fingerprint density at radius 3 is 2.78 bits per heavy atom. The summed E-state index contributed by atoms with van der Waals surface area (Å²) in [6.45, 7) is 4.38. The molecule has 1 atom stereocenters. The Kier molecular flexibility index (Phi) is 6.29. The summed E-state index contributed by atoms with van der Waals surface area (Å²) in [4.78, 5) is 11.3. The molecular formula is C12H16ClNO3S. The van der Waals surface area contributed by atoms with Gasteiger partial charge in [-0.25, -0.2) is 0 Å². The molecule has 4 nitrogen and oxygen atoms in total. The third-order valence-electron chi connectivity index (χ3n) is 2.18. The summed E-state index contributed by atoms with van der Waals surface area (Å²) in [5, 5.41) is 10.8. The minimum Gasteiger partial charge on any atom is -0.494 e. The minimum absolute atomic E-state index is 0.0574. The lowest BCUT2D eigenvalue weighted by molar-refractivity contribution is -0.385. The van der Waals surface area contributed by atoms with E-state index in [0.29, 0.717) is 24.2 Å². The molecule has 0 heterocycles. The number of non-ortho nitro benzene ring substituents is 1. The van der Waals surface area contributed by atoms with E-state index in [2.05, 4.69) is 0 Å². The molecule has 0 aliphatic rings. The second kappa shape index (κ2) is 7.48. The molecule has 0 bridgehead atoms. The van der Waals surface area contributed by atoms with Crippen molar-refractivity contribution in [2.45, 2.75) is 18.7 Å². The fraction of sp³-hybridized carbons (Fsp3) is 0.500. The van der Waals surface area contributed by atoms with Crippen molar-refractivity contribution in [2.75, 3.05) is 18.2 Å². The Hall–Kier alpha value is -0.940. The van der Waals surface area contributed by atoms with E-state index < -0.39 is 4.92 Å². The highest BCUT2D eigenvalue weighted by Gasteiger charge is 2.11. The number of hydrogen-bond acceptors (Lipinski definition) is 4. The Labute approximate surface area is 116 Å². The molecule has 0 saturated heterocycles. The average molecular weight is 290 g/mol. The molecule has 100 valence electrons. The maximum atomic E-state index is 10.8. The van der Waals surface area contributed by atoms with E-state index in [9.17, 15) is 10.1 Å². The number of alkyl halides is 1. The highest BCUT2D eigenvalue weighted by atomic mass is 35.5. The zero-order valence-electron chi connectivity index (χ0n) is 10.4. The molecule has 1 unspecified atom stereocenters. The second-order valence-electron chi connectivity index (χ2n) is 3.92. The van der Waals surface area contributed by atoms with Crippen LogP contribution in [0.3, 0.4) is 0 Å². The van der Waals surface area contributed by atoms with Gasteiger partial charge in [0.1, 0.15) is 5.75 Å². The van der Waals surface area contributed by atoms with Crippen LogP contribution in [-0.4, -0.2) is 23.2 Å². The lowest BCUT2D eigenvalue weighted by Gasteiger charge is -2.09. The van der Waals surface area contributed by atoms with Crippen molar-refractivity contribution in [2.24, 2.45) is 5.92 Å². The topological polar surface area (TPSA) is 52.4 Å². The van der Waals surface area contributed by atoms with Crippen molar-refractivity contribution in [3.05, 3.63) is 28.3 Å². The van der Waals surface area contributed by atoms with Crippen LogP contribution in [0.1, 0.15) is 13.8 Å². The summed E-state index contributed by atoms with van der Waals surface area (Å²) in [5.74, 6) is 2.32. The molecule has 0 amide bonds. The van der Waals surface area contributed by atoms with E-state index in [4.69, 9.17) is 16.3 Å². The molecule has 0 aliphatic carbocycles. The fourth-order valence-corrected chi connectivity index (χ4v) is 2.52. The summed E-state index contributed by atoms with van der Waals surface area (Å²) in [7, 11) is 0. The zero-order valence-corrected chi connectivity index (χ0v) is 12.0. The molecule has 1 rings (SSSR count). The van der Waals surface area contributed by atoms with Gasteiger partial charge in [-0.1, -0.05) is 6.92 Å². The van der Waals surface area contributed by atoms with Gasteiger partial charge in [0, 0.05) is 22.6 Å². The van der Waals surface area contributed by atoms with Crippen molar-refractivity contribution in [1.29, 1.82) is 0 Å². The van der Waals surface area contributed by atoms with E-state index in [-0.39, 0.29) is 5.69 Å². The molecule has 0 fully saturated rings. The second-order valence-corrected chi connectivity index (χ2v) is 5.33. The smallest absolute Gasteiger partial charge is 0.274 e. The van der Waals surface area contributed by atoms with Crippen molar-refractivity contribution >= 4 is 29.1 Å². The van der Waals surface area contributed by atoms with Crippen LogP contribution in [0.5, 0.6) is 5.75 Å². The van der Waals surface area contributed by atoms with Crippen LogP contribution in [0.4, 0.5) is 5.69 Å². The quantitative estimate of drug-likeness (QED) is 0.330. The molecule has 18 heavy (non-hydrogen) atoms. The molecule has 0 saturated carbocycles. The SMILES string of the molecule is CCOc1cc(SCC(C)CCl)cc([N+](=O)[O-])c1. The van der Waals surface area contributed by atoms with Crippen molar-refractivity contribution < 1.29 is 9.66 Å². The van der Waals surface area contributed by atoms with Crippen LogP contribution in [0.25, 0.3) is 0 Å². The van der Waals surface area contributed by atoms with Gasteiger partial charge in [-0.15, -0.1) is 23.4 Å². The molecule has 1 aromatic carbocycles. The monoisotopic (exact) mass is 289 g/mol. The summed E-state index contributed by atoms with van der Waals surface area (Å²) in [6, 6.07) is 4.83. The van der Waals surface area contributed by atoms with Gasteiger partial charge in [0.15, 0.2) is 0 Å². The van der Waals surface area contributed by atoms with E-state index in [1.54, 1.807) is 17.8 Å². The number of nitro benzene ring substituents is 1. The molecule has 0 aromatic heterocycles. The average Bonchev–Trinajstić information content (AvgIpc) is 2.36. The highest BCUT2D eigenvalue weighted by Crippen LogP contribution is 2.30. The Morgan fingerprint density at radius 1 is 1.50 bits per heavy atom. The van der Waals surface area contributed by atoms with Crippen LogP contribution < -0.4 is 4.74 Å². The van der Waals surface area contributed by atoms with Gasteiger partial charge in [-0.2, -0.15) is 0 Å². The summed E-state index contributed by atoms with van der Waals surface area (Å²) < 4.78 is 5.33. The van der Waals surface area contributed by atoms with Crippen LogP contribution in [0.2, 0.25) is 0 Å². The van der Waals surface area contributed by atoms with Gasteiger partial charge in [-0.3, -0.25) is 10.1 Å². The number of nitro groups is 1. The predicted octanol–water partition coefficient (Wildman–Crippen LogP) is 3.96. The maximum Gasteiger partial charge on any atom is 0.274 e. The molecular weight excluding hydrogens is 274 g/mol. The largest absolute Gasteiger partial charge is 0.494 e. The van der Waals surface area contributed by atoms with E-state index in [0.717, 1.165) is 10.6 Å². The van der Waals surface area contributed by atoms with Crippen molar-refractivity contribution in [3.8, 4) is 5.75 Å². The number of benzene rings is 1. The molecule has 1 aromatic rings. The number of thioether (sulfide) groups is 1. The molecule has 6 heteroatoms. The van der Waals surface area contributed by atoms with Crippen molar-refractivity contribution in [1.82, 2.24) is 0 Å². The number of rotatable bonds is 7. The predicted molar refractivity (Wildman–Crippen MR) is 74.9 cm³/mol. The molecule has 0 aliphatic heterocycles. The van der Waals surface area contributed by atoms with Gasteiger partial charge in [0.2, 0.25) is 0 Å². The maximum absolute atomic E-state index is 10.8. The number of ether oxygens (including phenoxy) is 1. The fourth-order valence-electron chi connectivity index (χ4n) is 1.28. The lowest BCUT2D eigenvalue weighted by Crippen LogP contribution is -1.99. The first-order chi connectivity index (χ1) is 8.56. The van der Waals surface area contributed by atoms with Crippen molar-refractivity contribution in [3.63, 3.8) is 0 Å². The number of hydrogen-bond donors (Lipinski definition) is 0. The number of nitrogens with zero attached hydrogens (tertiary/aromatic N) is 1. The molecule has 0 N–H and O–H groups in total. The van der Waals surface area contributed by atoms with E-state index in [1.807, 2.05) is 19.9 Å². The van der Waals surface area contributed by atoms with Gasteiger partial charge in [0.05, 0.1) is 17.6 Å². The number of halogens is 1. The normalized spacial score (nSPS) is 12.2. The summed E-state index contributed by atoms with van der Waals surface area (Å²) in [5.41, 5.74) is 0.0574. The van der Waals surface area contributed by atoms with E-state index in [1.165, 1.54) is 6.07 Å². The first-order valence-electron chi connectivity index (χ1n) is 5.67. The molecule has 0 spiro atoms. The van der Waals surface area contributed by atoms with Gasteiger partial charge >= 0.3 is 0 Å². The lowest BCUT2D eigenvalue weighted by atomic mass is 10.3. The third kappa shape index (κ3) is 4.74. The van der Waals surface area contributed by atoms with Gasteiger partial charge in [0.25, 0.3) is 5.69 Å². The minimum atomic E-state index is -0.405. The van der Waals surface area contributed by atoms with Gasteiger partial charge in [-0.05, 0) is 18.9 Å². The van der Waals surface area contributed by atoms with Crippen LogP contribution in [-0.2, 0) is 0 Å². The first kappa shape index (κ1) is 15.1. The van der Waals surface area contributed by atoms with Crippen LogP contribution in [0, 0.1) is 16.0 Å². The van der Waals surface area contributed by atoms with E-state index >= 15 is 0 Å². The van der Waals surface area contributed by atoms with Gasteiger partial charge < -0.3 is 4.74 Å². The highest BCUT2D eigenvalue weighted by molar-refractivity contribution is 7.99. The summed E-state index contributed by atoms with van der Waals surface area (Å²) >= 11 is 7.29. The summed E-state index contributed by atoms with van der Waals surface area (Å²) in [6.07, 6.45) is 0. The third-order valence-corrected chi connectivity index (χ3v) is 4.02. The Bertz CT molecular complexity index is 414. The van der Waals surface area contributed by atoms with Crippen LogP contribution in [0.15, 0.2) is 23.1 Å².